The third-order valence-electron chi connectivity index (χ3n) is 3.30. The van der Waals surface area contributed by atoms with Crippen LogP contribution in [0.3, 0.4) is 0 Å². The molecule has 2 atom stereocenters. The summed E-state index contributed by atoms with van der Waals surface area (Å²) in [5.74, 6) is -0.445. The number of hydrogen-bond donors (Lipinski definition) is 3. The fourth-order valence-electron chi connectivity index (χ4n) is 2.15. The second-order valence-electron chi connectivity index (χ2n) is 5.23. The van der Waals surface area contributed by atoms with E-state index in [4.69, 9.17) is 11.6 Å². The highest BCUT2D eigenvalue weighted by Crippen LogP contribution is 2.24. The van der Waals surface area contributed by atoms with Gasteiger partial charge in [-0.3, -0.25) is 9.59 Å². The Labute approximate surface area is 128 Å². The number of hydrogen-bond acceptors (Lipinski definition) is 4. The molecule has 2 rings (SSSR count). The third kappa shape index (κ3) is 3.72. The van der Waals surface area contributed by atoms with Gasteiger partial charge >= 0.3 is 0 Å². The summed E-state index contributed by atoms with van der Waals surface area (Å²) in [6, 6.07) is 4.28. The molecular weight excluding hydrogens is 294 g/mol. The average molecular weight is 312 g/mol. The Kier molecular flexibility index (Phi) is 4.82. The Balaban J connectivity index is 2.14. The van der Waals surface area contributed by atoms with Gasteiger partial charge in [0.1, 0.15) is 0 Å². The molecule has 0 saturated carbocycles. The van der Waals surface area contributed by atoms with Gasteiger partial charge in [0.05, 0.1) is 22.9 Å². The summed E-state index contributed by atoms with van der Waals surface area (Å²) in [4.78, 5) is 25.5. The molecule has 6 nitrogen and oxygen atoms in total. The van der Waals surface area contributed by atoms with E-state index < -0.39 is 12.1 Å². The molecular formula is C14H18ClN3O3. The van der Waals surface area contributed by atoms with Crippen LogP contribution < -0.4 is 10.6 Å². The highest BCUT2D eigenvalue weighted by atomic mass is 35.5. The Morgan fingerprint density at radius 3 is 2.71 bits per heavy atom. The maximum atomic E-state index is 12.1. The van der Waals surface area contributed by atoms with Crippen LogP contribution in [0.25, 0.3) is 0 Å². The molecule has 3 N–H and O–H groups in total. The summed E-state index contributed by atoms with van der Waals surface area (Å²) in [5.41, 5.74) is 0.830. The Bertz CT molecular complexity index is 562. The number of halogens is 1. The lowest BCUT2D eigenvalue weighted by molar-refractivity contribution is -0.117. The SMILES string of the molecule is CN(C)C(=O)c1ccc(Cl)c(NC(=O)C2CC(O)CN2)c1. The topological polar surface area (TPSA) is 81.7 Å². The van der Waals surface area contributed by atoms with Gasteiger partial charge in [-0.05, 0) is 24.6 Å². The minimum atomic E-state index is -0.516. The number of nitrogens with zero attached hydrogens (tertiary/aromatic N) is 1. The van der Waals surface area contributed by atoms with Crippen LogP contribution in [-0.4, -0.2) is 54.6 Å². The summed E-state index contributed by atoms with van der Waals surface area (Å²) in [6.07, 6.45) is -0.155. The zero-order chi connectivity index (χ0) is 15.6. The second kappa shape index (κ2) is 6.43. The molecule has 1 fully saturated rings. The number of benzene rings is 1. The van der Waals surface area contributed by atoms with Crippen molar-refractivity contribution in [3.05, 3.63) is 28.8 Å². The van der Waals surface area contributed by atoms with Crippen molar-refractivity contribution < 1.29 is 14.7 Å². The molecule has 7 heteroatoms. The van der Waals surface area contributed by atoms with E-state index in [0.29, 0.717) is 29.2 Å². The van der Waals surface area contributed by atoms with Crippen LogP contribution in [0, 0.1) is 0 Å². The zero-order valence-corrected chi connectivity index (χ0v) is 12.6. The molecule has 2 unspecified atom stereocenters. The Morgan fingerprint density at radius 1 is 1.43 bits per heavy atom. The first kappa shape index (κ1) is 15.8. The smallest absolute Gasteiger partial charge is 0.253 e. The molecule has 1 aromatic rings. The number of anilines is 1. The number of aliphatic hydroxyl groups excluding tert-OH is 1. The fourth-order valence-corrected chi connectivity index (χ4v) is 2.31. The van der Waals surface area contributed by atoms with Crippen molar-refractivity contribution in [3.63, 3.8) is 0 Å². The van der Waals surface area contributed by atoms with Gasteiger partial charge in [0.15, 0.2) is 0 Å². The molecule has 1 aliphatic rings. The third-order valence-corrected chi connectivity index (χ3v) is 3.63. The highest BCUT2D eigenvalue weighted by molar-refractivity contribution is 6.34. The van der Waals surface area contributed by atoms with Crippen LogP contribution >= 0.6 is 11.6 Å². The molecule has 0 bridgehead atoms. The molecule has 0 aromatic heterocycles. The van der Waals surface area contributed by atoms with Crippen LogP contribution in [0.5, 0.6) is 0 Å². The minimum absolute atomic E-state index is 0.170. The zero-order valence-electron chi connectivity index (χ0n) is 11.9. The number of carbonyl (C=O) groups excluding carboxylic acids is 2. The first-order valence-corrected chi connectivity index (χ1v) is 7.00. The van der Waals surface area contributed by atoms with Gasteiger partial charge < -0.3 is 20.6 Å². The van der Waals surface area contributed by atoms with Crippen LogP contribution in [0.4, 0.5) is 5.69 Å². The van der Waals surface area contributed by atoms with E-state index in [1.807, 2.05) is 0 Å². The van der Waals surface area contributed by atoms with Crippen LogP contribution in [0.1, 0.15) is 16.8 Å². The summed E-state index contributed by atoms with van der Waals surface area (Å²) >= 11 is 6.05. The molecule has 2 amide bonds. The number of nitrogens with one attached hydrogen (secondary N) is 2. The molecule has 21 heavy (non-hydrogen) atoms. The van der Waals surface area contributed by atoms with Crippen molar-refractivity contribution in [2.75, 3.05) is 26.0 Å². The van der Waals surface area contributed by atoms with Gasteiger partial charge in [0.25, 0.3) is 5.91 Å². The van der Waals surface area contributed by atoms with Crippen molar-refractivity contribution in [1.82, 2.24) is 10.2 Å². The molecule has 0 radical (unpaired) electrons. The van der Waals surface area contributed by atoms with Gasteiger partial charge in [0, 0.05) is 26.2 Å². The number of amides is 2. The largest absolute Gasteiger partial charge is 0.392 e. The van der Waals surface area contributed by atoms with Crippen molar-refractivity contribution >= 4 is 29.1 Å². The van der Waals surface area contributed by atoms with Crippen molar-refractivity contribution in [1.29, 1.82) is 0 Å². The summed E-state index contributed by atoms with van der Waals surface area (Å²) < 4.78 is 0. The van der Waals surface area contributed by atoms with Crippen molar-refractivity contribution in [2.45, 2.75) is 18.6 Å². The number of β-amino-alcohol motifs (C(OH)–C–C–N with tert-alkyl or cyclic N) is 1. The van der Waals surface area contributed by atoms with Crippen LogP contribution in [-0.2, 0) is 4.79 Å². The maximum Gasteiger partial charge on any atom is 0.253 e. The van der Waals surface area contributed by atoms with E-state index in [9.17, 15) is 14.7 Å². The lowest BCUT2D eigenvalue weighted by Crippen LogP contribution is -2.35. The maximum absolute atomic E-state index is 12.1. The van der Waals surface area contributed by atoms with E-state index in [1.165, 1.54) is 4.90 Å². The summed E-state index contributed by atoms with van der Waals surface area (Å²) in [7, 11) is 3.30. The minimum Gasteiger partial charge on any atom is -0.392 e. The lowest BCUT2D eigenvalue weighted by Gasteiger charge is -2.15. The Morgan fingerprint density at radius 2 is 2.14 bits per heavy atom. The summed E-state index contributed by atoms with van der Waals surface area (Å²) in [6.45, 7) is 0.394. The average Bonchev–Trinajstić information content (AvgIpc) is 2.87. The predicted molar refractivity (Wildman–Crippen MR) is 80.5 cm³/mol. The van der Waals surface area contributed by atoms with Crippen LogP contribution in [0.15, 0.2) is 18.2 Å². The first-order chi connectivity index (χ1) is 9.88. The van der Waals surface area contributed by atoms with Crippen molar-refractivity contribution in [3.8, 4) is 0 Å². The molecule has 0 aliphatic carbocycles. The van der Waals surface area contributed by atoms with Crippen molar-refractivity contribution in [2.24, 2.45) is 0 Å². The monoisotopic (exact) mass is 311 g/mol. The molecule has 1 saturated heterocycles. The standard InChI is InChI=1S/C14H18ClN3O3/c1-18(2)14(21)8-3-4-10(15)11(5-8)17-13(20)12-6-9(19)7-16-12/h3-5,9,12,16,19H,6-7H2,1-2H3,(H,17,20). The lowest BCUT2D eigenvalue weighted by atomic mass is 10.1. The van der Waals surface area contributed by atoms with E-state index >= 15 is 0 Å². The first-order valence-electron chi connectivity index (χ1n) is 6.62. The van der Waals surface area contributed by atoms with Gasteiger partial charge in [-0.15, -0.1) is 0 Å². The van der Waals surface area contributed by atoms with E-state index in [0.717, 1.165) is 0 Å². The molecule has 1 aliphatic heterocycles. The highest BCUT2D eigenvalue weighted by Gasteiger charge is 2.28. The van der Waals surface area contributed by atoms with E-state index in [1.54, 1.807) is 32.3 Å². The number of carbonyl (C=O) groups is 2. The predicted octanol–water partition coefficient (Wildman–Crippen LogP) is 0.703. The van der Waals surface area contributed by atoms with Gasteiger partial charge in [-0.25, -0.2) is 0 Å². The van der Waals surface area contributed by atoms with Gasteiger partial charge in [0.2, 0.25) is 5.91 Å². The molecule has 114 valence electrons. The Hall–Kier alpha value is -1.63. The number of rotatable bonds is 3. The van der Waals surface area contributed by atoms with Gasteiger partial charge in [-0.1, -0.05) is 11.6 Å². The molecule has 1 heterocycles. The number of aliphatic hydroxyl groups is 1. The van der Waals surface area contributed by atoms with E-state index in [2.05, 4.69) is 10.6 Å². The summed E-state index contributed by atoms with van der Waals surface area (Å²) in [5, 5.41) is 15.4. The van der Waals surface area contributed by atoms with Crippen LogP contribution in [0.2, 0.25) is 5.02 Å². The normalized spacial score (nSPS) is 21.1. The quantitative estimate of drug-likeness (QED) is 0.767. The fraction of sp³-hybridized carbons (Fsp3) is 0.429. The second-order valence-corrected chi connectivity index (χ2v) is 5.64. The van der Waals surface area contributed by atoms with Gasteiger partial charge in [-0.2, -0.15) is 0 Å². The molecule has 1 aromatic carbocycles. The molecule has 0 spiro atoms. The van der Waals surface area contributed by atoms with E-state index in [-0.39, 0.29) is 11.8 Å².